The van der Waals surface area contributed by atoms with Crippen molar-refractivity contribution in [2.24, 2.45) is 5.92 Å². The van der Waals surface area contributed by atoms with E-state index in [1.54, 1.807) is 0 Å². The van der Waals surface area contributed by atoms with Crippen molar-refractivity contribution in [1.82, 2.24) is 0 Å². The van der Waals surface area contributed by atoms with Crippen LogP contribution in [0.5, 0.6) is 0 Å². The van der Waals surface area contributed by atoms with Crippen LogP contribution in [0.25, 0.3) is 0 Å². The third kappa shape index (κ3) is 15.4. The molecule has 0 fully saturated rings. The van der Waals surface area contributed by atoms with Crippen LogP contribution in [0.3, 0.4) is 0 Å². The first-order valence-electron chi connectivity index (χ1n) is 10.3. The summed E-state index contributed by atoms with van der Waals surface area (Å²) < 4.78 is 14.9. The molecule has 7 nitrogen and oxygen atoms in total. The zero-order chi connectivity index (χ0) is 20.8. The van der Waals surface area contributed by atoms with E-state index in [-0.39, 0.29) is 41.9 Å². The fourth-order valence-corrected chi connectivity index (χ4v) is 3.69. The predicted molar refractivity (Wildman–Crippen MR) is 112 cm³/mol. The van der Waals surface area contributed by atoms with Crippen molar-refractivity contribution in [3.05, 3.63) is 0 Å². The zero-order valence-corrected chi connectivity index (χ0v) is 17.8. The summed E-state index contributed by atoms with van der Waals surface area (Å²) in [5, 5.41) is 19.9. The molecule has 0 bridgehead atoms. The third-order valence-electron chi connectivity index (χ3n) is 4.90. The summed E-state index contributed by atoms with van der Waals surface area (Å²) >= 11 is 0. The molecule has 0 aliphatic heterocycles. The predicted octanol–water partition coefficient (Wildman–Crippen LogP) is 3.42. The minimum atomic E-state index is -5.06. The fourth-order valence-electron chi connectivity index (χ4n) is 3.30. The second kappa shape index (κ2) is 17.2. The molecule has 9 heteroatoms. The molecule has 0 radical (unpaired) electrons. The summed E-state index contributed by atoms with van der Waals surface area (Å²) in [6.07, 6.45) is 12.6. The molecule has 0 rings (SSSR count). The minimum absolute atomic E-state index is 0. The average Bonchev–Trinajstić information content (AvgIpc) is 2.59. The standard InChI is InChI=1S/C19H39O7P.Na.H/c1-3-5-7-9-10-12-14-17(13-11-8-6-4-2)15-19(22,16-20)18(21)26-27(23,24)25;;/h17,20,22H,3-16H2,1-2H3,(H2,23,24,25);;. The summed E-state index contributed by atoms with van der Waals surface area (Å²) in [5.74, 6) is -1.46. The third-order valence-corrected chi connectivity index (χ3v) is 5.31. The summed E-state index contributed by atoms with van der Waals surface area (Å²) in [6, 6.07) is 0. The average molecular weight is 434 g/mol. The molecule has 0 aromatic rings. The van der Waals surface area contributed by atoms with E-state index in [4.69, 9.17) is 9.79 Å². The van der Waals surface area contributed by atoms with E-state index in [0.717, 1.165) is 57.8 Å². The Morgan fingerprint density at radius 1 is 0.929 bits per heavy atom. The molecule has 0 amide bonds. The Labute approximate surface area is 192 Å². The maximum absolute atomic E-state index is 11.9. The van der Waals surface area contributed by atoms with Gasteiger partial charge in [0.15, 0.2) is 5.60 Å². The number of aliphatic hydroxyl groups is 2. The van der Waals surface area contributed by atoms with Crippen LogP contribution in [0.1, 0.15) is 97.3 Å². The fraction of sp³-hybridized carbons (Fsp3) is 0.947. The number of unbranched alkanes of at least 4 members (excludes halogenated alkanes) is 8. The van der Waals surface area contributed by atoms with Crippen LogP contribution >= 0.6 is 7.82 Å². The molecular formula is C19H40NaO7P. The Hall–Kier alpha value is 0.540. The molecule has 4 N–H and O–H groups in total. The molecule has 164 valence electrons. The molecule has 0 spiro atoms. The van der Waals surface area contributed by atoms with Crippen molar-refractivity contribution < 1.29 is 33.9 Å². The van der Waals surface area contributed by atoms with Crippen LogP contribution in [0, 0.1) is 5.92 Å². The van der Waals surface area contributed by atoms with Gasteiger partial charge in [-0.15, -0.1) is 0 Å². The number of phosphoric ester groups is 1. The molecule has 2 atom stereocenters. The Morgan fingerprint density at radius 2 is 1.36 bits per heavy atom. The van der Waals surface area contributed by atoms with Crippen molar-refractivity contribution in [3.63, 3.8) is 0 Å². The maximum atomic E-state index is 11.9. The number of aliphatic hydroxyl groups excluding tert-OH is 1. The Morgan fingerprint density at radius 3 is 1.79 bits per heavy atom. The number of carbonyl (C=O) groups is 1. The van der Waals surface area contributed by atoms with Crippen molar-refractivity contribution in [2.45, 2.75) is 103 Å². The molecule has 0 aliphatic carbocycles. The molecular weight excluding hydrogens is 394 g/mol. The van der Waals surface area contributed by atoms with E-state index in [1.807, 2.05) is 0 Å². The Balaban J connectivity index is 0. The van der Waals surface area contributed by atoms with Gasteiger partial charge in [-0.25, -0.2) is 9.36 Å². The number of hydrogen-bond donors (Lipinski definition) is 4. The number of rotatable bonds is 17. The Kier molecular flexibility index (Phi) is 18.9. The van der Waals surface area contributed by atoms with Crippen molar-refractivity contribution in [3.8, 4) is 0 Å². The molecule has 0 saturated heterocycles. The van der Waals surface area contributed by atoms with Gasteiger partial charge in [-0.1, -0.05) is 90.9 Å². The number of carbonyl (C=O) groups excluding carboxylic acids is 1. The van der Waals surface area contributed by atoms with Crippen LogP contribution < -0.4 is 0 Å². The molecule has 0 heterocycles. The van der Waals surface area contributed by atoms with Crippen LogP contribution in [0.4, 0.5) is 0 Å². The van der Waals surface area contributed by atoms with E-state index in [2.05, 4.69) is 18.4 Å². The monoisotopic (exact) mass is 434 g/mol. The molecule has 2 unspecified atom stereocenters. The second-order valence-corrected chi connectivity index (χ2v) is 8.70. The van der Waals surface area contributed by atoms with Gasteiger partial charge in [-0.2, -0.15) is 0 Å². The van der Waals surface area contributed by atoms with E-state index >= 15 is 0 Å². The van der Waals surface area contributed by atoms with Crippen molar-refractivity contribution in [1.29, 1.82) is 0 Å². The number of hydrogen-bond acceptors (Lipinski definition) is 5. The summed E-state index contributed by atoms with van der Waals surface area (Å²) in [6.45, 7) is 3.36. The van der Waals surface area contributed by atoms with Gasteiger partial charge in [0.2, 0.25) is 0 Å². The van der Waals surface area contributed by atoms with E-state index < -0.39 is 26.0 Å². The van der Waals surface area contributed by atoms with Gasteiger partial charge in [-0.05, 0) is 12.3 Å². The zero-order valence-electron chi connectivity index (χ0n) is 16.9. The first kappa shape index (κ1) is 30.7. The van der Waals surface area contributed by atoms with Crippen LogP contribution in [0.2, 0.25) is 0 Å². The van der Waals surface area contributed by atoms with Gasteiger partial charge in [0.05, 0.1) is 6.61 Å². The van der Waals surface area contributed by atoms with E-state index in [0.29, 0.717) is 0 Å². The normalized spacial score (nSPS) is 14.8. The van der Waals surface area contributed by atoms with Crippen molar-refractivity contribution >= 4 is 43.3 Å². The van der Waals surface area contributed by atoms with Gasteiger partial charge in [-0.3, -0.25) is 9.79 Å². The first-order valence-corrected chi connectivity index (χ1v) is 11.8. The molecule has 28 heavy (non-hydrogen) atoms. The van der Waals surface area contributed by atoms with Crippen LogP contribution in [0.15, 0.2) is 0 Å². The SMILES string of the molecule is CCCCCCCCC(CCCCCC)CC(O)(CO)C(=O)OP(=O)(O)O.[NaH]. The van der Waals surface area contributed by atoms with E-state index in [9.17, 15) is 19.6 Å². The Bertz CT molecular complexity index is 444. The molecule has 0 aliphatic rings. The molecule has 0 aromatic heterocycles. The van der Waals surface area contributed by atoms with Gasteiger partial charge >= 0.3 is 43.3 Å². The van der Waals surface area contributed by atoms with Gasteiger partial charge in [0, 0.05) is 0 Å². The topological polar surface area (TPSA) is 124 Å². The van der Waals surface area contributed by atoms with Gasteiger partial charge < -0.3 is 14.7 Å². The summed E-state index contributed by atoms with van der Waals surface area (Å²) in [4.78, 5) is 29.5. The quantitative estimate of drug-likeness (QED) is 0.157. The second-order valence-electron chi connectivity index (χ2n) is 7.53. The summed E-state index contributed by atoms with van der Waals surface area (Å²) in [5.41, 5.74) is -2.28. The van der Waals surface area contributed by atoms with Gasteiger partial charge in [0.25, 0.3) is 0 Å². The first-order chi connectivity index (χ1) is 12.7. The van der Waals surface area contributed by atoms with Crippen LogP contribution in [-0.2, 0) is 13.9 Å². The van der Waals surface area contributed by atoms with E-state index in [1.165, 1.54) is 19.3 Å². The summed E-state index contributed by atoms with van der Waals surface area (Å²) in [7, 11) is -5.06. The van der Waals surface area contributed by atoms with Gasteiger partial charge in [0.1, 0.15) is 0 Å². The molecule has 0 aromatic carbocycles. The van der Waals surface area contributed by atoms with Crippen molar-refractivity contribution in [2.75, 3.05) is 6.61 Å². The molecule has 0 saturated carbocycles. The number of phosphoric acid groups is 1. The van der Waals surface area contributed by atoms with Crippen LogP contribution in [-0.4, -0.2) is 67.7 Å².